The number of carbonyl (C=O) groups is 1. The van der Waals surface area contributed by atoms with Gasteiger partial charge in [0.1, 0.15) is 16.5 Å². The van der Waals surface area contributed by atoms with Gasteiger partial charge in [0.15, 0.2) is 0 Å². The molecule has 50 heavy (non-hydrogen) atoms. The molecule has 3 aromatic heterocycles. The van der Waals surface area contributed by atoms with Crippen molar-refractivity contribution in [1.29, 1.82) is 0 Å². The summed E-state index contributed by atoms with van der Waals surface area (Å²) in [5.41, 5.74) is 4.27. The van der Waals surface area contributed by atoms with Crippen LogP contribution < -0.4 is 10.1 Å². The van der Waals surface area contributed by atoms with Gasteiger partial charge in [-0.3, -0.25) is 9.78 Å². The first kappa shape index (κ1) is 35.0. The van der Waals surface area contributed by atoms with Crippen LogP contribution in [0.3, 0.4) is 0 Å². The van der Waals surface area contributed by atoms with E-state index in [1.807, 2.05) is 58.0 Å². The van der Waals surface area contributed by atoms with Crippen LogP contribution in [0.4, 0.5) is 18.9 Å². The topological polar surface area (TPSA) is 132 Å². The van der Waals surface area contributed by atoms with Gasteiger partial charge in [0, 0.05) is 37.8 Å². The first-order valence-electron chi connectivity index (χ1n) is 16.2. The molecule has 0 bridgehead atoms. The van der Waals surface area contributed by atoms with Gasteiger partial charge in [0.2, 0.25) is 21.8 Å². The lowest BCUT2D eigenvalue weighted by Gasteiger charge is -2.25. The van der Waals surface area contributed by atoms with E-state index in [1.54, 1.807) is 10.7 Å². The van der Waals surface area contributed by atoms with Gasteiger partial charge < -0.3 is 10.1 Å². The number of rotatable bonds is 9. The van der Waals surface area contributed by atoms with Gasteiger partial charge in [-0.1, -0.05) is 36.4 Å². The minimum atomic E-state index is -4.63. The van der Waals surface area contributed by atoms with Gasteiger partial charge in [-0.15, -0.1) is 5.10 Å². The van der Waals surface area contributed by atoms with Crippen molar-refractivity contribution in [2.24, 2.45) is 0 Å². The second kappa shape index (κ2) is 13.8. The van der Waals surface area contributed by atoms with Crippen molar-refractivity contribution in [3.05, 3.63) is 101 Å². The molecule has 1 aliphatic heterocycles. The molecule has 0 saturated heterocycles. The van der Waals surface area contributed by atoms with Crippen molar-refractivity contribution < 1.29 is 31.1 Å². The number of aryl methyl sites for hydroxylation is 3. The average Bonchev–Trinajstić information content (AvgIpc) is 3.47. The number of hydrogen-bond acceptors (Lipinski definition) is 8. The largest absolute Gasteiger partial charge is 0.472 e. The summed E-state index contributed by atoms with van der Waals surface area (Å²) in [6.45, 7) is 8.40. The van der Waals surface area contributed by atoms with Crippen LogP contribution in [0, 0.1) is 13.8 Å². The summed E-state index contributed by atoms with van der Waals surface area (Å²) < 4.78 is 77.0. The summed E-state index contributed by atoms with van der Waals surface area (Å²) in [6, 6.07) is 13.3. The molecular weight excluding hydrogens is 671 g/mol. The zero-order chi connectivity index (χ0) is 35.8. The molecule has 0 spiro atoms. The lowest BCUT2D eigenvalue weighted by molar-refractivity contribution is -0.137. The lowest BCUT2D eigenvalue weighted by Crippen LogP contribution is -2.36. The molecule has 5 aromatic rings. The van der Waals surface area contributed by atoms with E-state index in [1.165, 1.54) is 16.6 Å². The number of halogens is 3. The Morgan fingerprint density at radius 3 is 2.64 bits per heavy atom. The number of amides is 1. The van der Waals surface area contributed by atoms with Crippen molar-refractivity contribution in [3.63, 3.8) is 0 Å². The molecule has 0 radical (unpaired) electrons. The molecule has 4 heterocycles. The van der Waals surface area contributed by atoms with Gasteiger partial charge in [0.05, 0.1) is 29.5 Å². The zero-order valence-electron chi connectivity index (χ0n) is 27.9. The molecular formula is C35H36F3N7O4S. The Balaban J connectivity index is 1.39. The van der Waals surface area contributed by atoms with Crippen LogP contribution in [-0.4, -0.2) is 56.2 Å². The van der Waals surface area contributed by atoms with Crippen molar-refractivity contribution in [2.45, 2.75) is 76.7 Å². The summed E-state index contributed by atoms with van der Waals surface area (Å²) in [5, 5.41) is 11.2. The van der Waals surface area contributed by atoms with E-state index in [-0.39, 0.29) is 36.0 Å². The van der Waals surface area contributed by atoms with Crippen molar-refractivity contribution in [2.75, 3.05) is 11.9 Å². The maximum atomic E-state index is 13.9. The summed E-state index contributed by atoms with van der Waals surface area (Å²) in [6.07, 6.45) is -1.27. The van der Waals surface area contributed by atoms with E-state index in [0.29, 0.717) is 30.2 Å². The first-order valence-corrected chi connectivity index (χ1v) is 17.6. The van der Waals surface area contributed by atoms with Gasteiger partial charge in [-0.05, 0) is 79.3 Å². The summed E-state index contributed by atoms with van der Waals surface area (Å²) >= 11 is 0. The molecule has 0 fully saturated rings. The third-order valence-electron chi connectivity index (χ3n) is 9.01. The van der Waals surface area contributed by atoms with Crippen molar-refractivity contribution in [3.8, 4) is 5.88 Å². The van der Waals surface area contributed by atoms with Crippen LogP contribution in [0.25, 0.3) is 11.0 Å². The molecule has 11 nitrogen and oxygen atoms in total. The minimum absolute atomic E-state index is 0.00700. The Bertz CT molecular complexity index is 2170. The maximum Gasteiger partial charge on any atom is 0.417 e. The molecule has 1 aliphatic rings. The number of alkyl halides is 3. The number of ether oxygens (including phenoxy) is 1. The van der Waals surface area contributed by atoms with E-state index in [2.05, 4.69) is 25.6 Å². The number of fused-ring (bicyclic) bond motifs is 2. The Morgan fingerprint density at radius 2 is 1.90 bits per heavy atom. The smallest absolute Gasteiger partial charge is 0.417 e. The molecule has 262 valence electrons. The second-order valence-electron chi connectivity index (χ2n) is 12.3. The van der Waals surface area contributed by atoms with Crippen LogP contribution in [0.5, 0.6) is 5.88 Å². The zero-order valence-corrected chi connectivity index (χ0v) is 28.7. The first-order chi connectivity index (χ1) is 23.8. The van der Waals surface area contributed by atoms with Crippen molar-refractivity contribution in [1.82, 2.24) is 29.3 Å². The highest BCUT2D eigenvalue weighted by atomic mass is 32.2. The predicted molar refractivity (Wildman–Crippen MR) is 180 cm³/mol. The van der Waals surface area contributed by atoms with Crippen LogP contribution >= 0.6 is 0 Å². The predicted octanol–water partition coefficient (Wildman–Crippen LogP) is 6.40. The number of sulfonamides is 1. The van der Waals surface area contributed by atoms with Crippen molar-refractivity contribution >= 4 is 32.7 Å². The molecule has 0 unspecified atom stereocenters. The maximum absolute atomic E-state index is 13.9. The van der Waals surface area contributed by atoms with E-state index in [9.17, 15) is 26.4 Å². The highest BCUT2D eigenvalue weighted by Crippen LogP contribution is 2.37. The third kappa shape index (κ3) is 6.92. The van der Waals surface area contributed by atoms with E-state index < -0.39 is 39.7 Å². The minimum Gasteiger partial charge on any atom is -0.472 e. The van der Waals surface area contributed by atoms with Gasteiger partial charge in [-0.25, -0.2) is 18.1 Å². The molecule has 2 atom stereocenters. The van der Waals surface area contributed by atoms with Crippen LogP contribution in [-0.2, 0) is 34.1 Å². The SMILES string of the molecule is CC[C@@H]1CN(Cc2cc([C@H](CC(=O)Nc3cncc(C(F)(F)F)c3)c3ccc4c(nnn4CC)c3C)ccc2C)S(=O)(=O)c2cccnc2O1. The Morgan fingerprint density at radius 1 is 1.10 bits per heavy atom. The lowest BCUT2D eigenvalue weighted by atomic mass is 9.84. The Labute approximate surface area is 287 Å². The standard InChI is InChI=1S/C35H36F3N7O4S/c1-5-27-20-44(50(47,48)31-8-7-13-40-34(31)49-27)19-24-14-23(10-9-21(24)3)29(28-11-12-30-33(22(28)4)42-43-45(30)6-2)16-32(46)41-26-15-25(17-39-18-26)35(36,37)38/h7-15,17-18,27,29H,5-6,16,19-20H2,1-4H3,(H,41,46)/t27-,29+/m1/s1. The number of nitrogens with zero attached hydrogens (tertiary/aromatic N) is 6. The number of anilines is 1. The molecule has 1 amide bonds. The molecule has 15 heteroatoms. The van der Waals surface area contributed by atoms with E-state index in [4.69, 9.17) is 4.74 Å². The third-order valence-corrected chi connectivity index (χ3v) is 10.8. The highest BCUT2D eigenvalue weighted by molar-refractivity contribution is 7.89. The Kier molecular flexibility index (Phi) is 9.64. The number of hydrogen-bond donors (Lipinski definition) is 1. The molecule has 0 aliphatic carbocycles. The summed E-state index contributed by atoms with van der Waals surface area (Å²) in [4.78, 5) is 21.4. The van der Waals surface area contributed by atoms with Crippen LogP contribution in [0.15, 0.2) is 72.0 Å². The quantitative estimate of drug-likeness (QED) is 0.186. The average molecular weight is 708 g/mol. The van der Waals surface area contributed by atoms with E-state index in [0.717, 1.165) is 40.0 Å². The molecule has 1 N–H and O–H groups in total. The fourth-order valence-corrected chi connectivity index (χ4v) is 7.73. The molecule has 6 rings (SSSR count). The van der Waals surface area contributed by atoms with Crippen LogP contribution in [0.2, 0.25) is 0 Å². The molecule has 0 saturated carbocycles. The van der Waals surface area contributed by atoms with Crippen LogP contribution in [0.1, 0.15) is 66.0 Å². The fraction of sp³-hybridized carbons (Fsp3) is 0.343. The summed E-state index contributed by atoms with van der Waals surface area (Å²) in [7, 11) is -3.98. The highest BCUT2D eigenvalue weighted by Gasteiger charge is 2.36. The van der Waals surface area contributed by atoms with Gasteiger partial charge >= 0.3 is 6.18 Å². The number of nitrogens with one attached hydrogen (secondary N) is 1. The normalized spacial score (nSPS) is 16.7. The Hall–Kier alpha value is -4.89. The summed E-state index contributed by atoms with van der Waals surface area (Å²) in [5.74, 6) is -1.04. The number of pyridine rings is 2. The fourth-order valence-electron chi connectivity index (χ4n) is 6.21. The second-order valence-corrected chi connectivity index (χ2v) is 14.2. The van der Waals surface area contributed by atoms with Gasteiger partial charge in [-0.2, -0.15) is 17.5 Å². The molecule has 2 aromatic carbocycles. The number of carbonyl (C=O) groups excluding carboxylic acids is 1. The van der Waals surface area contributed by atoms with E-state index >= 15 is 0 Å². The monoisotopic (exact) mass is 707 g/mol. The van der Waals surface area contributed by atoms with Gasteiger partial charge in [0.25, 0.3) is 0 Å². The number of benzene rings is 2. The number of aromatic nitrogens is 5.